The highest BCUT2D eigenvalue weighted by atomic mass is 32.2. The van der Waals surface area contributed by atoms with Gasteiger partial charge in [0.25, 0.3) is 6.01 Å². The number of hydrogen-bond acceptors (Lipinski definition) is 6. The molecule has 0 aliphatic carbocycles. The van der Waals surface area contributed by atoms with E-state index in [4.69, 9.17) is 4.42 Å². The number of aliphatic carboxylic acids is 1. The van der Waals surface area contributed by atoms with Crippen LogP contribution in [0.4, 0.5) is 6.01 Å². The molecule has 5 aromatic rings. The van der Waals surface area contributed by atoms with Crippen LogP contribution in [0.15, 0.2) is 114 Å². The van der Waals surface area contributed by atoms with E-state index >= 15 is 0 Å². The van der Waals surface area contributed by atoms with Crippen LogP contribution in [-0.2, 0) is 9.54 Å². The van der Waals surface area contributed by atoms with Gasteiger partial charge >= 0.3 is 5.97 Å². The van der Waals surface area contributed by atoms with Crippen LogP contribution >= 0.6 is 11.8 Å². The summed E-state index contributed by atoms with van der Waals surface area (Å²) in [7, 11) is 0. The fourth-order valence-electron chi connectivity index (χ4n) is 4.13. The summed E-state index contributed by atoms with van der Waals surface area (Å²) in [5.74, 6) is -0.740. The number of nitrogens with zero attached hydrogens (tertiary/aromatic N) is 2. The summed E-state index contributed by atoms with van der Waals surface area (Å²) in [5, 5.41) is 13.0. The molecule has 0 aliphatic heterocycles. The molecule has 3 aromatic carbocycles. The van der Waals surface area contributed by atoms with Gasteiger partial charge < -0.3 is 14.8 Å². The van der Waals surface area contributed by atoms with Gasteiger partial charge in [-0.25, -0.2) is 9.78 Å². The second-order valence-corrected chi connectivity index (χ2v) is 9.20. The zero-order chi connectivity index (χ0) is 24.1. The molecule has 1 atom stereocenters. The Hall–Kier alpha value is -4.10. The quantitative estimate of drug-likeness (QED) is 0.257. The van der Waals surface area contributed by atoms with E-state index in [1.165, 1.54) is 0 Å². The van der Waals surface area contributed by atoms with Crippen molar-refractivity contribution in [2.75, 3.05) is 11.1 Å². The van der Waals surface area contributed by atoms with E-state index in [1.54, 1.807) is 30.1 Å². The Bertz CT molecular complexity index is 1280. The van der Waals surface area contributed by atoms with E-state index in [9.17, 15) is 9.90 Å². The fraction of sp³-hybridized carbons (Fsp3) is 0.107. The highest BCUT2D eigenvalue weighted by Crippen LogP contribution is 2.48. The molecule has 2 aromatic heterocycles. The second-order valence-electron chi connectivity index (χ2n) is 7.97. The van der Waals surface area contributed by atoms with Gasteiger partial charge in [-0.2, -0.15) is 4.98 Å². The predicted molar refractivity (Wildman–Crippen MR) is 139 cm³/mol. The lowest BCUT2D eigenvalue weighted by Gasteiger charge is -2.36. The first-order chi connectivity index (χ1) is 17.2. The van der Waals surface area contributed by atoms with E-state index in [2.05, 4.69) is 51.7 Å². The average Bonchev–Trinajstić information content (AvgIpc) is 3.33. The molecule has 6 nitrogen and oxygen atoms in total. The maximum atomic E-state index is 12.3. The van der Waals surface area contributed by atoms with Gasteiger partial charge in [0, 0.05) is 11.9 Å². The summed E-state index contributed by atoms with van der Waals surface area (Å²) in [4.78, 5) is 20.7. The topological polar surface area (TPSA) is 88.2 Å². The van der Waals surface area contributed by atoms with Crippen LogP contribution in [0, 0.1) is 0 Å². The molecule has 7 heteroatoms. The molecule has 0 spiro atoms. The molecular weight excluding hydrogens is 458 g/mol. The first kappa shape index (κ1) is 22.7. The Morgan fingerprint density at radius 3 is 1.89 bits per heavy atom. The average molecular weight is 482 g/mol. The third-order valence-electron chi connectivity index (χ3n) is 5.77. The van der Waals surface area contributed by atoms with E-state index in [0.717, 1.165) is 16.7 Å². The maximum absolute atomic E-state index is 12.3. The molecule has 0 amide bonds. The molecule has 35 heavy (non-hydrogen) atoms. The number of pyridine rings is 1. The molecule has 2 heterocycles. The second kappa shape index (κ2) is 10.0. The van der Waals surface area contributed by atoms with Crippen molar-refractivity contribution in [3.63, 3.8) is 0 Å². The zero-order valence-electron chi connectivity index (χ0n) is 18.7. The fourth-order valence-corrected chi connectivity index (χ4v) is 5.68. The lowest BCUT2D eigenvalue weighted by molar-refractivity contribution is -0.137. The maximum Gasteiger partial charge on any atom is 0.327 e. The summed E-state index contributed by atoms with van der Waals surface area (Å²) in [6.07, 6.45) is 1.62. The smallest absolute Gasteiger partial charge is 0.327 e. The number of nitrogens with one attached hydrogen (secondary N) is 1. The number of rotatable bonds is 9. The van der Waals surface area contributed by atoms with Crippen molar-refractivity contribution < 1.29 is 14.3 Å². The highest BCUT2D eigenvalue weighted by molar-refractivity contribution is 8.00. The van der Waals surface area contributed by atoms with Crippen LogP contribution in [-0.4, -0.2) is 32.8 Å². The Labute approximate surface area is 207 Å². The van der Waals surface area contributed by atoms with Crippen LogP contribution in [0.25, 0.3) is 11.2 Å². The molecule has 0 radical (unpaired) electrons. The highest BCUT2D eigenvalue weighted by Gasteiger charge is 2.38. The van der Waals surface area contributed by atoms with E-state index in [-0.39, 0.29) is 11.8 Å². The third-order valence-corrected chi connectivity index (χ3v) is 7.41. The van der Waals surface area contributed by atoms with Crippen LogP contribution in [0.3, 0.4) is 0 Å². The monoisotopic (exact) mass is 481 g/mol. The minimum atomic E-state index is -0.990. The van der Waals surface area contributed by atoms with Crippen LogP contribution in [0.5, 0.6) is 0 Å². The van der Waals surface area contributed by atoms with Crippen molar-refractivity contribution in [2.45, 2.75) is 10.8 Å². The molecule has 5 rings (SSSR count). The Morgan fingerprint density at radius 2 is 1.40 bits per heavy atom. The zero-order valence-corrected chi connectivity index (χ0v) is 19.6. The molecule has 0 fully saturated rings. The number of carbonyl (C=O) groups is 1. The first-order valence-corrected chi connectivity index (χ1v) is 12.2. The number of aromatic nitrogens is 2. The van der Waals surface area contributed by atoms with Crippen LogP contribution in [0.1, 0.15) is 16.7 Å². The molecule has 174 valence electrons. The van der Waals surface area contributed by atoms with Gasteiger partial charge in [0.2, 0.25) is 5.65 Å². The lowest BCUT2D eigenvalue weighted by atomic mass is 9.84. The lowest BCUT2D eigenvalue weighted by Crippen LogP contribution is -2.35. The van der Waals surface area contributed by atoms with E-state index in [0.29, 0.717) is 11.2 Å². The number of oxazole rings is 1. The van der Waals surface area contributed by atoms with Crippen molar-refractivity contribution in [3.8, 4) is 0 Å². The summed E-state index contributed by atoms with van der Waals surface area (Å²) >= 11 is 1.56. The molecule has 0 saturated carbocycles. The number of carboxylic acids is 1. The first-order valence-electron chi connectivity index (χ1n) is 11.2. The molecule has 2 N–H and O–H groups in total. The number of anilines is 1. The van der Waals surface area contributed by atoms with Crippen molar-refractivity contribution in [1.82, 2.24) is 9.97 Å². The van der Waals surface area contributed by atoms with Gasteiger partial charge in [0.15, 0.2) is 5.58 Å². The van der Waals surface area contributed by atoms with Gasteiger partial charge in [0.1, 0.15) is 6.04 Å². The molecule has 0 bridgehead atoms. The molecular formula is C28H23N3O3S. The summed E-state index contributed by atoms with van der Waals surface area (Å²) in [6, 6.07) is 33.2. The van der Waals surface area contributed by atoms with Gasteiger partial charge in [-0.15, -0.1) is 11.8 Å². The van der Waals surface area contributed by atoms with Gasteiger partial charge in [-0.3, -0.25) is 0 Å². The number of carboxylic acid groups (broad SMARTS) is 1. The number of fused-ring (bicyclic) bond motifs is 1. The number of benzene rings is 3. The summed E-state index contributed by atoms with van der Waals surface area (Å²) in [5.41, 5.74) is 4.13. The van der Waals surface area contributed by atoms with Gasteiger partial charge in [-0.1, -0.05) is 91.0 Å². The van der Waals surface area contributed by atoms with E-state index in [1.807, 2.05) is 54.6 Å². The Kier molecular flexibility index (Phi) is 6.50. The SMILES string of the molecule is O=C(O)C(CSC(c1ccccc1)(c1ccccc1)c1ccccc1)Nc1nc2ncccc2o1. The summed E-state index contributed by atoms with van der Waals surface area (Å²) in [6.45, 7) is 0. The minimum absolute atomic E-state index is 0.136. The number of hydrogen-bond donors (Lipinski definition) is 2. The van der Waals surface area contributed by atoms with Crippen molar-refractivity contribution >= 4 is 35.0 Å². The normalized spacial score (nSPS) is 12.3. The summed E-state index contributed by atoms with van der Waals surface area (Å²) < 4.78 is 5.05. The van der Waals surface area contributed by atoms with Gasteiger partial charge in [0.05, 0.1) is 4.75 Å². The molecule has 0 saturated heterocycles. The van der Waals surface area contributed by atoms with Crippen LogP contribution in [0.2, 0.25) is 0 Å². The van der Waals surface area contributed by atoms with Crippen LogP contribution < -0.4 is 5.32 Å². The van der Waals surface area contributed by atoms with E-state index < -0.39 is 16.8 Å². The Morgan fingerprint density at radius 1 is 0.857 bits per heavy atom. The standard InChI is InChI=1S/C28H23N3O3S/c32-26(33)23(30-27-31-25-24(34-27)17-10-18-29-25)19-35-28(20-11-4-1-5-12-20,21-13-6-2-7-14-21)22-15-8-3-9-16-22/h1-18,23H,19H2,(H,32,33)(H,29,30,31). The van der Waals surface area contributed by atoms with Crippen molar-refractivity contribution in [2.24, 2.45) is 0 Å². The third kappa shape index (κ3) is 4.63. The number of thioether (sulfide) groups is 1. The van der Waals surface area contributed by atoms with Crippen molar-refractivity contribution in [1.29, 1.82) is 0 Å². The van der Waals surface area contributed by atoms with Gasteiger partial charge in [-0.05, 0) is 28.8 Å². The predicted octanol–water partition coefficient (Wildman–Crippen LogP) is 5.81. The molecule has 1 unspecified atom stereocenters. The van der Waals surface area contributed by atoms with Crippen molar-refractivity contribution in [3.05, 3.63) is 126 Å². The largest absolute Gasteiger partial charge is 0.480 e. The minimum Gasteiger partial charge on any atom is -0.480 e. The Balaban J connectivity index is 1.54. The molecule has 0 aliphatic rings.